The van der Waals surface area contributed by atoms with Gasteiger partial charge in [-0.1, -0.05) is 26.8 Å². The van der Waals surface area contributed by atoms with Gasteiger partial charge in [0.05, 0.1) is 6.54 Å². The van der Waals surface area contributed by atoms with E-state index in [1.807, 2.05) is 20.8 Å². The van der Waals surface area contributed by atoms with Crippen molar-refractivity contribution >= 4 is 23.2 Å². The summed E-state index contributed by atoms with van der Waals surface area (Å²) in [5, 5.41) is 8.51. The summed E-state index contributed by atoms with van der Waals surface area (Å²) >= 11 is 0. The summed E-state index contributed by atoms with van der Waals surface area (Å²) in [6.07, 6.45) is 1.69. The SMILES string of the molecule is C=CCNCC(=O)Nc1ccc(NC(=O)C(C)(C)C)cc1. The van der Waals surface area contributed by atoms with Gasteiger partial charge in [-0.15, -0.1) is 6.58 Å². The van der Waals surface area contributed by atoms with Crippen molar-refractivity contribution < 1.29 is 9.59 Å². The number of carbonyl (C=O) groups is 2. The summed E-state index contributed by atoms with van der Waals surface area (Å²) in [6, 6.07) is 7.03. The lowest BCUT2D eigenvalue weighted by molar-refractivity contribution is -0.123. The highest BCUT2D eigenvalue weighted by molar-refractivity contribution is 5.95. The topological polar surface area (TPSA) is 70.2 Å². The molecule has 5 nitrogen and oxygen atoms in total. The van der Waals surface area contributed by atoms with Crippen molar-refractivity contribution in [3.05, 3.63) is 36.9 Å². The monoisotopic (exact) mass is 289 g/mol. The van der Waals surface area contributed by atoms with Crippen molar-refractivity contribution in [2.24, 2.45) is 5.41 Å². The van der Waals surface area contributed by atoms with Gasteiger partial charge in [0.25, 0.3) is 0 Å². The standard InChI is InChI=1S/C16H23N3O2/c1-5-10-17-11-14(20)18-12-6-8-13(9-7-12)19-15(21)16(2,3)4/h5-9,17H,1,10-11H2,2-4H3,(H,18,20)(H,19,21). The molecule has 1 rings (SSSR count). The van der Waals surface area contributed by atoms with Crippen LogP contribution in [0.2, 0.25) is 0 Å². The highest BCUT2D eigenvalue weighted by Gasteiger charge is 2.20. The molecule has 3 N–H and O–H groups in total. The first-order chi connectivity index (χ1) is 9.82. The van der Waals surface area contributed by atoms with Crippen molar-refractivity contribution in [3.8, 4) is 0 Å². The average molecular weight is 289 g/mol. The summed E-state index contributed by atoms with van der Waals surface area (Å²) in [5.41, 5.74) is 0.954. The van der Waals surface area contributed by atoms with E-state index in [0.29, 0.717) is 17.9 Å². The van der Waals surface area contributed by atoms with E-state index in [1.54, 1.807) is 30.3 Å². The van der Waals surface area contributed by atoms with Crippen LogP contribution >= 0.6 is 0 Å². The zero-order valence-electron chi connectivity index (χ0n) is 12.8. The Kier molecular flexibility index (Phi) is 6.11. The molecule has 0 unspecified atom stereocenters. The number of nitrogens with one attached hydrogen (secondary N) is 3. The highest BCUT2D eigenvalue weighted by atomic mass is 16.2. The van der Waals surface area contributed by atoms with Gasteiger partial charge in [-0.2, -0.15) is 0 Å². The second-order valence-corrected chi connectivity index (χ2v) is 5.75. The Morgan fingerprint density at radius 2 is 1.62 bits per heavy atom. The van der Waals surface area contributed by atoms with E-state index < -0.39 is 5.41 Å². The predicted octanol–water partition coefficient (Wildman–Crippen LogP) is 2.39. The zero-order chi connectivity index (χ0) is 15.9. The van der Waals surface area contributed by atoms with Gasteiger partial charge >= 0.3 is 0 Å². The van der Waals surface area contributed by atoms with Gasteiger partial charge in [-0.3, -0.25) is 9.59 Å². The van der Waals surface area contributed by atoms with Gasteiger partial charge in [0.1, 0.15) is 0 Å². The molecule has 0 fully saturated rings. The first-order valence-electron chi connectivity index (χ1n) is 6.86. The summed E-state index contributed by atoms with van der Waals surface area (Å²) in [6.45, 7) is 9.95. The molecule has 0 heterocycles. The summed E-state index contributed by atoms with van der Waals surface area (Å²) in [7, 11) is 0. The van der Waals surface area contributed by atoms with Crippen LogP contribution in [0.15, 0.2) is 36.9 Å². The molecule has 0 aliphatic carbocycles. The largest absolute Gasteiger partial charge is 0.326 e. The Labute approximate surface area is 125 Å². The second kappa shape index (κ2) is 7.59. The molecular formula is C16H23N3O2. The summed E-state index contributed by atoms with van der Waals surface area (Å²) in [5.74, 6) is -0.170. The molecule has 0 saturated heterocycles. The molecule has 21 heavy (non-hydrogen) atoms. The van der Waals surface area contributed by atoms with Crippen LogP contribution in [0.5, 0.6) is 0 Å². The fourth-order valence-electron chi connectivity index (χ4n) is 1.45. The van der Waals surface area contributed by atoms with Crippen LogP contribution in [0, 0.1) is 5.41 Å². The number of hydrogen-bond donors (Lipinski definition) is 3. The van der Waals surface area contributed by atoms with Gasteiger partial charge in [-0.25, -0.2) is 0 Å². The van der Waals surface area contributed by atoms with Crippen LogP contribution in [-0.4, -0.2) is 24.9 Å². The maximum Gasteiger partial charge on any atom is 0.238 e. The Hall–Kier alpha value is -2.14. The van der Waals surface area contributed by atoms with Crippen LogP contribution < -0.4 is 16.0 Å². The van der Waals surface area contributed by atoms with Crippen molar-refractivity contribution in [2.45, 2.75) is 20.8 Å². The molecule has 0 spiro atoms. The van der Waals surface area contributed by atoms with E-state index in [1.165, 1.54) is 0 Å². The number of amides is 2. The van der Waals surface area contributed by atoms with E-state index in [2.05, 4.69) is 22.5 Å². The molecule has 0 radical (unpaired) electrons. The van der Waals surface area contributed by atoms with Crippen molar-refractivity contribution in [3.63, 3.8) is 0 Å². The lowest BCUT2D eigenvalue weighted by Crippen LogP contribution is -2.28. The minimum atomic E-state index is -0.441. The van der Waals surface area contributed by atoms with Gasteiger partial charge in [0.2, 0.25) is 11.8 Å². The normalized spacial score (nSPS) is 10.8. The first-order valence-corrected chi connectivity index (χ1v) is 6.86. The maximum absolute atomic E-state index is 11.8. The quantitative estimate of drug-likeness (QED) is 0.556. The van der Waals surface area contributed by atoms with Crippen molar-refractivity contribution in [2.75, 3.05) is 23.7 Å². The molecule has 5 heteroatoms. The van der Waals surface area contributed by atoms with E-state index in [0.717, 1.165) is 0 Å². The van der Waals surface area contributed by atoms with Crippen LogP contribution in [0.25, 0.3) is 0 Å². The van der Waals surface area contributed by atoms with Gasteiger partial charge in [-0.05, 0) is 24.3 Å². The number of anilines is 2. The van der Waals surface area contributed by atoms with E-state index >= 15 is 0 Å². The van der Waals surface area contributed by atoms with E-state index in [4.69, 9.17) is 0 Å². The van der Waals surface area contributed by atoms with Crippen molar-refractivity contribution in [1.29, 1.82) is 0 Å². The van der Waals surface area contributed by atoms with Crippen LogP contribution in [0.3, 0.4) is 0 Å². The third-order valence-electron chi connectivity index (χ3n) is 2.68. The third-order valence-corrected chi connectivity index (χ3v) is 2.68. The van der Waals surface area contributed by atoms with Crippen LogP contribution in [0.1, 0.15) is 20.8 Å². The molecule has 114 valence electrons. The zero-order valence-corrected chi connectivity index (χ0v) is 12.8. The van der Waals surface area contributed by atoms with Crippen molar-refractivity contribution in [1.82, 2.24) is 5.32 Å². The Morgan fingerprint density at radius 1 is 1.10 bits per heavy atom. The Bertz CT molecular complexity index is 501. The molecule has 0 saturated carbocycles. The Balaban J connectivity index is 2.52. The lowest BCUT2D eigenvalue weighted by atomic mass is 9.95. The number of benzene rings is 1. The molecule has 0 aliphatic rings. The smallest absolute Gasteiger partial charge is 0.238 e. The fourth-order valence-corrected chi connectivity index (χ4v) is 1.45. The number of carbonyl (C=O) groups excluding carboxylic acids is 2. The molecule has 1 aromatic rings. The van der Waals surface area contributed by atoms with Gasteiger partial charge in [0, 0.05) is 23.3 Å². The minimum Gasteiger partial charge on any atom is -0.326 e. The molecular weight excluding hydrogens is 266 g/mol. The number of rotatable bonds is 6. The Morgan fingerprint density at radius 3 is 2.10 bits per heavy atom. The fraction of sp³-hybridized carbons (Fsp3) is 0.375. The average Bonchev–Trinajstić information content (AvgIpc) is 2.40. The lowest BCUT2D eigenvalue weighted by Gasteiger charge is -2.17. The van der Waals surface area contributed by atoms with Gasteiger partial charge in [0.15, 0.2) is 0 Å². The molecule has 0 bridgehead atoms. The predicted molar refractivity (Wildman–Crippen MR) is 86.2 cm³/mol. The molecule has 0 aliphatic heterocycles. The van der Waals surface area contributed by atoms with Crippen LogP contribution in [-0.2, 0) is 9.59 Å². The summed E-state index contributed by atoms with van der Waals surface area (Å²) < 4.78 is 0. The minimum absolute atomic E-state index is 0.0482. The van der Waals surface area contributed by atoms with E-state index in [9.17, 15) is 9.59 Å². The number of hydrogen-bond acceptors (Lipinski definition) is 3. The molecule has 0 atom stereocenters. The molecule has 0 aromatic heterocycles. The molecule has 1 aromatic carbocycles. The third kappa shape index (κ3) is 6.23. The first kappa shape index (κ1) is 16.9. The summed E-state index contributed by atoms with van der Waals surface area (Å²) in [4.78, 5) is 23.5. The van der Waals surface area contributed by atoms with E-state index in [-0.39, 0.29) is 18.4 Å². The van der Waals surface area contributed by atoms with Crippen LogP contribution in [0.4, 0.5) is 11.4 Å². The maximum atomic E-state index is 11.8. The van der Waals surface area contributed by atoms with Gasteiger partial charge < -0.3 is 16.0 Å². The molecule has 2 amide bonds. The highest BCUT2D eigenvalue weighted by Crippen LogP contribution is 2.18. The second-order valence-electron chi connectivity index (χ2n) is 5.75.